The predicted octanol–water partition coefficient (Wildman–Crippen LogP) is 4.01. The van der Waals surface area contributed by atoms with E-state index in [-0.39, 0.29) is 11.7 Å². The van der Waals surface area contributed by atoms with E-state index in [4.69, 9.17) is 0 Å². The molecule has 0 bridgehead atoms. The Morgan fingerprint density at radius 2 is 2.00 bits per heavy atom. The average Bonchev–Trinajstić information content (AvgIpc) is 2.34. The van der Waals surface area contributed by atoms with Crippen LogP contribution in [0.4, 0.5) is 5.69 Å². The van der Waals surface area contributed by atoms with E-state index in [1.165, 1.54) is 12.1 Å². The van der Waals surface area contributed by atoms with Gasteiger partial charge in [-0.05, 0) is 74.9 Å². The van der Waals surface area contributed by atoms with Crippen molar-refractivity contribution in [3.05, 3.63) is 56.1 Å². The first-order valence-electron chi connectivity index (χ1n) is 5.12. The first-order chi connectivity index (χ1) is 8.56. The summed E-state index contributed by atoms with van der Waals surface area (Å²) in [4.78, 5) is 11.9. The average molecular weight is 418 g/mol. The van der Waals surface area contributed by atoms with Crippen molar-refractivity contribution in [3.63, 3.8) is 0 Å². The van der Waals surface area contributed by atoms with Gasteiger partial charge in [0.15, 0.2) is 0 Å². The van der Waals surface area contributed by atoms with Gasteiger partial charge in [0.2, 0.25) is 0 Å². The zero-order valence-electron chi connectivity index (χ0n) is 9.15. The Morgan fingerprint density at radius 3 is 2.67 bits per heavy atom. The SMILES string of the molecule is O=C(Nc1ccc(Br)c(I)c1)c1cccc(O)c1. The fraction of sp³-hybridized carbons (Fsp3) is 0. The van der Waals surface area contributed by atoms with Crippen molar-refractivity contribution in [1.29, 1.82) is 0 Å². The highest BCUT2D eigenvalue weighted by Gasteiger charge is 2.07. The van der Waals surface area contributed by atoms with E-state index in [1.54, 1.807) is 12.1 Å². The molecule has 2 aromatic rings. The summed E-state index contributed by atoms with van der Waals surface area (Å²) < 4.78 is 2.00. The van der Waals surface area contributed by atoms with Gasteiger partial charge >= 0.3 is 0 Å². The Balaban J connectivity index is 2.18. The third-order valence-electron chi connectivity index (χ3n) is 2.29. The minimum atomic E-state index is -0.246. The van der Waals surface area contributed by atoms with Crippen LogP contribution in [0.1, 0.15) is 10.4 Å². The molecule has 0 aliphatic heterocycles. The maximum atomic E-state index is 11.9. The topological polar surface area (TPSA) is 49.3 Å². The van der Waals surface area contributed by atoms with Crippen molar-refractivity contribution in [2.75, 3.05) is 5.32 Å². The Morgan fingerprint density at radius 1 is 1.22 bits per heavy atom. The maximum Gasteiger partial charge on any atom is 0.255 e. The molecule has 0 fully saturated rings. The molecule has 1 amide bonds. The third kappa shape index (κ3) is 3.23. The van der Waals surface area contributed by atoms with Crippen LogP contribution >= 0.6 is 38.5 Å². The third-order valence-corrected chi connectivity index (χ3v) is 4.61. The number of hydrogen-bond donors (Lipinski definition) is 2. The van der Waals surface area contributed by atoms with Crippen LogP contribution in [0, 0.1) is 3.57 Å². The van der Waals surface area contributed by atoms with Gasteiger partial charge in [-0.25, -0.2) is 0 Å². The lowest BCUT2D eigenvalue weighted by atomic mass is 10.2. The number of phenolic OH excluding ortho intramolecular Hbond substituents is 1. The van der Waals surface area contributed by atoms with Gasteiger partial charge in [0.25, 0.3) is 5.91 Å². The van der Waals surface area contributed by atoms with Gasteiger partial charge in [-0.3, -0.25) is 4.79 Å². The van der Waals surface area contributed by atoms with Gasteiger partial charge in [-0.15, -0.1) is 0 Å². The van der Waals surface area contributed by atoms with Gasteiger partial charge in [0, 0.05) is 19.3 Å². The van der Waals surface area contributed by atoms with Crippen molar-refractivity contribution in [2.24, 2.45) is 0 Å². The number of anilines is 1. The van der Waals surface area contributed by atoms with E-state index in [9.17, 15) is 9.90 Å². The fourth-order valence-corrected chi connectivity index (χ4v) is 2.19. The normalized spacial score (nSPS) is 10.1. The number of aromatic hydroxyl groups is 1. The van der Waals surface area contributed by atoms with E-state index in [0.29, 0.717) is 5.56 Å². The van der Waals surface area contributed by atoms with Crippen molar-refractivity contribution in [3.8, 4) is 5.75 Å². The number of hydrogen-bond acceptors (Lipinski definition) is 2. The van der Waals surface area contributed by atoms with Crippen LogP contribution in [-0.4, -0.2) is 11.0 Å². The summed E-state index contributed by atoms with van der Waals surface area (Å²) in [6, 6.07) is 11.8. The van der Waals surface area contributed by atoms with Crippen LogP contribution in [0.2, 0.25) is 0 Å². The molecule has 0 saturated carbocycles. The maximum absolute atomic E-state index is 11.9. The number of carbonyl (C=O) groups excluding carboxylic acids is 1. The van der Waals surface area contributed by atoms with E-state index >= 15 is 0 Å². The molecule has 5 heteroatoms. The second-order valence-corrected chi connectivity index (χ2v) is 5.65. The molecule has 0 spiro atoms. The van der Waals surface area contributed by atoms with Gasteiger partial charge in [0.05, 0.1) is 0 Å². The quantitative estimate of drug-likeness (QED) is 0.725. The molecule has 0 aliphatic rings. The number of halogens is 2. The standard InChI is InChI=1S/C13H9BrINO2/c14-11-5-4-9(7-12(11)15)16-13(18)8-2-1-3-10(17)6-8/h1-7,17H,(H,16,18). The Bertz CT molecular complexity index is 601. The molecule has 0 atom stereocenters. The van der Waals surface area contributed by atoms with Crippen LogP contribution in [0.25, 0.3) is 0 Å². The highest BCUT2D eigenvalue weighted by molar-refractivity contribution is 14.1. The fourth-order valence-electron chi connectivity index (χ4n) is 1.42. The summed E-state index contributed by atoms with van der Waals surface area (Å²) in [5.41, 5.74) is 1.14. The smallest absolute Gasteiger partial charge is 0.255 e. The van der Waals surface area contributed by atoms with Crippen LogP contribution < -0.4 is 5.32 Å². The van der Waals surface area contributed by atoms with Crippen LogP contribution in [-0.2, 0) is 0 Å². The van der Waals surface area contributed by atoms with Crippen LogP contribution in [0.3, 0.4) is 0 Å². The molecule has 2 aromatic carbocycles. The minimum Gasteiger partial charge on any atom is -0.508 e. The summed E-state index contributed by atoms with van der Waals surface area (Å²) in [5, 5.41) is 12.1. The summed E-state index contributed by atoms with van der Waals surface area (Å²) >= 11 is 5.58. The molecule has 2 N–H and O–H groups in total. The van der Waals surface area contributed by atoms with Crippen molar-refractivity contribution < 1.29 is 9.90 Å². The largest absolute Gasteiger partial charge is 0.508 e. The van der Waals surface area contributed by atoms with Gasteiger partial charge in [-0.1, -0.05) is 6.07 Å². The number of carbonyl (C=O) groups is 1. The summed E-state index contributed by atoms with van der Waals surface area (Å²) in [7, 11) is 0. The van der Waals surface area contributed by atoms with E-state index < -0.39 is 0 Å². The number of phenols is 1. The second-order valence-electron chi connectivity index (χ2n) is 3.63. The molecule has 18 heavy (non-hydrogen) atoms. The molecule has 92 valence electrons. The number of amides is 1. The zero-order chi connectivity index (χ0) is 13.1. The van der Waals surface area contributed by atoms with E-state index in [2.05, 4.69) is 43.8 Å². The Kier molecular flexibility index (Phi) is 4.23. The van der Waals surface area contributed by atoms with Crippen molar-refractivity contribution >= 4 is 50.1 Å². The molecule has 0 heterocycles. The second kappa shape index (κ2) is 5.71. The molecule has 0 radical (unpaired) electrons. The Hall–Kier alpha value is -1.08. The molecule has 0 unspecified atom stereocenters. The van der Waals surface area contributed by atoms with Crippen molar-refractivity contribution in [2.45, 2.75) is 0 Å². The number of rotatable bonds is 2. The number of nitrogens with one attached hydrogen (secondary N) is 1. The lowest BCUT2D eigenvalue weighted by molar-refractivity contribution is 0.102. The van der Waals surface area contributed by atoms with Crippen LogP contribution in [0.15, 0.2) is 46.9 Å². The highest BCUT2D eigenvalue weighted by Crippen LogP contribution is 2.23. The lowest BCUT2D eigenvalue weighted by Gasteiger charge is -2.06. The number of benzene rings is 2. The summed E-state index contributed by atoms with van der Waals surface area (Å²) in [6.07, 6.45) is 0. The highest BCUT2D eigenvalue weighted by atomic mass is 127. The van der Waals surface area contributed by atoms with Crippen molar-refractivity contribution in [1.82, 2.24) is 0 Å². The van der Waals surface area contributed by atoms with E-state index in [1.807, 2.05) is 18.2 Å². The molecular formula is C13H9BrINO2. The van der Waals surface area contributed by atoms with Crippen LogP contribution in [0.5, 0.6) is 5.75 Å². The minimum absolute atomic E-state index is 0.0769. The molecule has 0 saturated heterocycles. The summed E-state index contributed by atoms with van der Waals surface area (Å²) in [5.74, 6) is -0.169. The molecular weight excluding hydrogens is 409 g/mol. The molecule has 2 rings (SSSR count). The first-order valence-corrected chi connectivity index (χ1v) is 6.99. The molecule has 3 nitrogen and oxygen atoms in total. The van der Waals surface area contributed by atoms with E-state index in [0.717, 1.165) is 13.7 Å². The van der Waals surface area contributed by atoms with Gasteiger partial charge in [0.1, 0.15) is 5.75 Å². The lowest BCUT2D eigenvalue weighted by Crippen LogP contribution is -2.11. The summed E-state index contributed by atoms with van der Waals surface area (Å²) in [6.45, 7) is 0. The molecule has 0 aromatic heterocycles. The van der Waals surface area contributed by atoms with Gasteiger partial charge in [-0.2, -0.15) is 0 Å². The molecule has 0 aliphatic carbocycles. The Labute approximate surface area is 126 Å². The predicted molar refractivity (Wildman–Crippen MR) is 82.9 cm³/mol. The van der Waals surface area contributed by atoms with Gasteiger partial charge < -0.3 is 10.4 Å². The first kappa shape index (κ1) is 13.4. The zero-order valence-corrected chi connectivity index (χ0v) is 12.9. The monoisotopic (exact) mass is 417 g/mol.